The number of aromatic nitrogens is 1. The third-order valence-corrected chi connectivity index (χ3v) is 3.20. The zero-order chi connectivity index (χ0) is 13.0. The first-order valence-corrected chi connectivity index (χ1v) is 6.80. The van der Waals surface area contributed by atoms with Crippen LogP contribution in [0.3, 0.4) is 0 Å². The van der Waals surface area contributed by atoms with Gasteiger partial charge in [-0.1, -0.05) is 12.1 Å². The van der Waals surface area contributed by atoms with Crippen LogP contribution in [0, 0.1) is 6.92 Å². The van der Waals surface area contributed by atoms with Crippen LogP contribution in [0.5, 0.6) is 0 Å². The molecule has 0 spiro atoms. The molecule has 0 radical (unpaired) electrons. The van der Waals surface area contributed by atoms with E-state index >= 15 is 0 Å². The van der Waals surface area contributed by atoms with E-state index in [0.717, 1.165) is 16.3 Å². The number of carbonyl (C=O) groups is 1. The van der Waals surface area contributed by atoms with Crippen molar-refractivity contribution < 1.29 is 4.79 Å². The molecule has 0 aliphatic heterocycles. The Labute approximate surface area is 111 Å². The molecule has 4 heteroatoms. The summed E-state index contributed by atoms with van der Waals surface area (Å²) in [5.41, 5.74) is 2.52. The summed E-state index contributed by atoms with van der Waals surface area (Å²) in [7, 11) is 0. The molecule has 0 bridgehead atoms. The Morgan fingerprint density at radius 1 is 1.28 bits per heavy atom. The summed E-state index contributed by atoms with van der Waals surface area (Å²) < 4.78 is 0. The van der Waals surface area contributed by atoms with Gasteiger partial charge in [-0.15, -0.1) is 11.8 Å². The van der Waals surface area contributed by atoms with Gasteiger partial charge in [-0.25, -0.2) is 4.98 Å². The van der Waals surface area contributed by atoms with Gasteiger partial charge in [0.15, 0.2) is 0 Å². The van der Waals surface area contributed by atoms with Gasteiger partial charge in [-0.3, -0.25) is 4.79 Å². The van der Waals surface area contributed by atoms with Gasteiger partial charge < -0.3 is 5.32 Å². The lowest BCUT2D eigenvalue weighted by atomic mass is 10.2. The Hall–Kier alpha value is -1.81. The fourth-order valence-electron chi connectivity index (χ4n) is 1.65. The molecule has 0 saturated carbocycles. The number of amides is 1. The molecule has 0 unspecified atom stereocenters. The maximum atomic E-state index is 12.1. The van der Waals surface area contributed by atoms with Gasteiger partial charge in [0, 0.05) is 11.9 Å². The third-order valence-electron chi connectivity index (χ3n) is 2.49. The molecular weight excluding hydrogens is 244 g/mol. The Morgan fingerprint density at radius 2 is 2.11 bits per heavy atom. The van der Waals surface area contributed by atoms with Crippen LogP contribution in [0.1, 0.15) is 15.9 Å². The number of hydrogen-bond acceptors (Lipinski definition) is 3. The second kappa shape index (κ2) is 5.69. The van der Waals surface area contributed by atoms with E-state index in [9.17, 15) is 4.79 Å². The highest BCUT2D eigenvalue weighted by molar-refractivity contribution is 7.98. The molecule has 92 valence electrons. The largest absolute Gasteiger partial charge is 0.322 e. The smallest absolute Gasteiger partial charge is 0.258 e. The predicted molar refractivity (Wildman–Crippen MR) is 75.2 cm³/mol. The number of benzene rings is 1. The molecule has 1 heterocycles. The molecule has 3 nitrogen and oxygen atoms in total. The first-order valence-electron chi connectivity index (χ1n) is 5.58. The van der Waals surface area contributed by atoms with E-state index in [4.69, 9.17) is 0 Å². The van der Waals surface area contributed by atoms with Crippen LogP contribution < -0.4 is 5.32 Å². The maximum Gasteiger partial charge on any atom is 0.258 e. The molecule has 0 aliphatic rings. The number of thioether (sulfide) groups is 1. The Balaban J connectivity index is 2.22. The fraction of sp³-hybridized carbons (Fsp3) is 0.143. The fourth-order valence-corrected chi connectivity index (χ4v) is 2.19. The van der Waals surface area contributed by atoms with E-state index in [-0.39, 0.29) is 5.91 Å². The molecule has 2 rings (SSSR count). The van der Waals surface area contributed by atoms with Crippen molar-refractivity contribution in [3.05, 3.63) is 53.7 Å². The molecule has 0 fully saturated rings. The molecule has 1 amide bonds. The lowest BCUT2D eigenvalue weighted by Crippen LogP contribution is -2.13. The first kappa shape index (κ1) is 12.6. The topological polar surface area (TPSA) is 42.0 Å². The molecule has 18 heavy (non-hydrogen) atoms. The lowest BCUT2D eigenvalue weighted by Gasteiger charge is -2.08. The van der Waals surface area contributed by atoms with Crippen LogP contribution in [0.4, 0.5) is 5.69 Å². The van der Waals surface area contributed by atoms with Crippen molar-refractivity contribution in [3.8, 4) is 0 Å². The highest BCUT2D eigenvalue weighted by atomic mass is 32.2. The summed E-state index contributed by atoms with van der Waals surface area (Å²) in [4.78, 5) is 16.3. The van der Waals surface area contributed by atoms with E-state index in [0.29, 0.717) is 5.56 Å². The second-order valence-corrected chi connectivity index (χ2v) is 4.68. The van der Waals surface area contributed by atoms with E-state index in [2.05, 4.69) is 10.3 Å². The minimum Gasteiger partial charge on any atom is -0.322 e. The average Bonchev–Trinajstić information content (AvgIpc) is 2.38. The van der Waals surface area contributed by atoms with E-state index < -0.39 is 0 Å². The number of carbonyl (C=O) groups excluding carboxylic acids is 1. The monoisotopic (exact) mass is 258 g/mol. The van der Waals surface area contributed by atoms with Crippen molar-refractivity contribution in [2.45, 2.75) is 11.9 Å². The Morgan fingerprint density at radius 3 is 2.83 bits per heavy atom. The van der Waals surface area contributed by atoms with Crippen LogP contribution in [0.15, 0.2) is 47.6 Å². The lowest BCUT2D eigenvalue weighted by molar-refractivity contribution is 0.102. The van der Waals surface area contributed by atoms with Crippen LogP contribution in [0.2, 0.25) is 0 Å². The number of nitrogens with zero attached hydrogens (tertiary/aromatic N) is 1. The van der Waals surface area contributed by atoms with Crippen molar-refractivity contribution >= 4 is 23.4 Å². The Kier molecular flexibility index (Phi) is 3.99. The van der Waals surface area contributed by atoms with Crippen molar-refractivity contribution in [2.75, 3.05) is 11.6 Å². The van der Waals surface area contributed by atoms with E-state index in [1.165, 1.54) is 11.8 Å². The summed E-state index contributed by atoms with van der Waals surface area (Å²) in [5.74, 6) is -0.127. The van der Waals surface area contributed by atoms with Gasteiger partial charge in [-0.05, 0) is 43.0 Å². The zero-order valence-corrected chi connectivity index (χ0v) is 11.1. The number of hydrogen-bond donors (Lipinski definition) is 1. The molecule has 0 saturated heterocycles. The van der Waals surface area contributed by atoms with Gasteiger partial charge >= 0.3 is 0 Å². The molecule has 1 aromatic heterocycles. The quantitative estimate of drug-likeness (QED) is 0.858. The number of rotatable bonds is 3. The van der Waals surface area contributed by atoms with Crippen molar-refractivity contribution in [1.29, 1.82) is 0 Å². The summed E-state index contributed by atoms with van der Waals surface area (Å²) in [5, 5.41) is 3.62. The number of pyridine rings is 1. The van der Waals surface area contributed by atoms with Gasteiger partial charge in [-0.2, -0.15) is 0 Å². The van der Waals surface area contributed by atoms with Crippen LogP contribution in [-0.4, -0.2) is 17.1 Å². The third kappa shape index (κ3) is 2.90. The maximum absolute atomic E-state index is 12.1. The SMILES string of the molecule is CSc1ncccc1C(=O)Nc1cccc(C)c1. The molecule has 0 aliphatic carbocycles. The number of aryl methyl sites for hydroxylation is 1. The number of nitrogens with one attached hydrogen (secondary N) is 1. The van der Waals surface area contributed by atoms with Gasteiger partial charge in [0.2, 0.25) is 0 Å². The first-order chi connectivity index (χ1) is 8.70. The average molecular weight is 258 g/mol. The standard InChI is InChI=1S/C14H14N2OS/c1-10-5-3-6-11(9-10)16-13(17)12-7-4-8-15-14(12)18-2/h3-9H,1-2H3,(H,16,17). The number of anilines is 1. The van der Waals surface area contributed by atoms with Crippen molar-refractivity contribution in [2.24, 2.45) is 0 Å². The molecule has 2 aromatic rings. The van der Waals surface area contributed by atoms with E-state index in [1.807, 2.05) is 37.4 Å². The molecule has 0 atom stereocenters. The summed E-state index contributed by atoms with van der Waals surface area (Å²) in [6.45, 7) is 1.99. The van der Waals surface area contributed by atoms with Gasteiger partial charge in [0.25, 0.3) is 5.91 Å². The predicted octanol–water partition coefficient (Wildman–Crippen LogP) is 3.36. The zero-order valence-electron chi connectivity index (χ0n) is 10.3. The minimum absolute atomic E-state index is 0.127. The Bertz CT molecular complexity index is 569. The van der Waals surface area contributed by atoms with Gasteiger partial charge in [0.1, 0.15) is 5.03 Å². The highest BCUT2D eigenvalue weighted by Crippen LogP contribution is 2.18. The molecule has 1 N–H and O–H groups in total. The summed E-state index contributed by atoms with van der Waals surface area (Å²) in [6, 6.07) is 11.3. The van der Waals surface area contributed by atoms with Crippen LogP contribution in [-0.2, 0) is 0 Å². The van der Waals surface area contributed by atoms with Gasteiger partial charge in [0.05, 0.1) is 5.56 Å². The summed E-state index contributed by atoms with van der Waals surface area (Å²) in [6.07, 6.45) is 3.60. The van der Waals surface area contributed by atoms with Crippen LogP contribution >= 0.6 is 11.8 Å². The highest BCUT2D eigenvalue weighted by Gasteiger charge is 2.11. The van der Waals surface area contributed by atoms with Crippen molar-refractivity contribution in [1.82, 2.24) is 4.98 Å². The molecular formula is C14H14N2OS. The van der Waals surface area contributed by atoms with Crippen molar-refractivity contribution in [3.63, 3.8) is 0 Å². The second-order valence-electron chi connectivity index (χ2n) is 3.88. The normalized spacial score (nSPS) is 10.1. The minimum atomic E-state index is -0.127. The molecule has 1 aromatic carbocycles. The van der Waals surface area contributed by atoms with E-state index in [1.54, 1.807) is 18.3 Å². The van der Waals surface area contributed by atoms with Crippen LogP contribution in [0.25, 0.3) is 0 Å². The summed E-state index contributed by atoms with van der Waals surface area (Å²) >= 11 is 1.47.